The minimum atomic E-state index is -0.658. The normalized spacial score (nSPS) is 16.8. The van der Waals surface area contributed by atoms with E-state index in [0.29, 0.717) is 0 Å². The lowest BCUT2D eigenvalue weighted by atomic mass is 9.76. The van der Waals surface area contributed by atoms with Gasteiger partial charge in [0.2, 0.25) is 11.8 Å². The number of hydrogen-bond acceptors (Lipinski definition) is 3. The van der Waals surface area contributed by atoms with Crippen LogP contribution in [-0.2, 0) is 9.59 Å². The Morgan fingerprint density at radius 3 is 2.45 bits per heavy atom. The van der Waals surface area contributed by atoms with E-state index < -0.39 is 5.54 Å². The molecule has 5 heteroatoms. The lowest BCUT2D eigenvalue weighted by Crippen LogP contribution is -2.53. The highest BCUT2D eigenvalue weighted by Gasteiger charge is 2.43. The first kappa shape index (κ1) is 16.0. The second kappa shape index (κ2) is 6.61. The topological polar surface area (TPSA) is 73.2 Å². The first-order chi connectivity index (χ1) is 10.5. The maximum Gasteiger partial charge on any atom is 0.226 e. The summed E-state index contributed by atoms with van der Waals surface area (Å²) in [6, 6.07) is 11.3. The largest absolute Gasteiger partial charge is 0.349 e. The Bertz CT molecular complexity index is 588. The third-order valence-electron chi connectivity index (χ3n) is 4.36. The zero-order valence-electron chi connectivity index (χ0n) is 13.0. The van der Waals surface area contributed by atoms with E-state index in [1.54, 1.807) is 11.9 Å². The maximum absolute atomic E-state index is 12.5. The number of hydrogen-bond donors (Lipinski definition) is 1. The van der Waals surface area contributed by atoms with Gasteiger partial charge in [-0.3, -0.25) is 9.59 Å². The molecule has 2 amide bonds. The molecule has 1 fully saturated rings. The molecule has 0 heterocycles. The molecule has 1 saturated carbocycles. The molecule has 0 spiro atoms. The number of benzene rings is 1. The second-order valence-electron chi connectivity index (χ2n) is 5.82. The van der Waals surface area contributed by atoms with Crippen molar-refractivity contribution in [2.45, 2.75) is 44.2 Å². The number of carbonyl (C=O) groups is 2. The zero-order valence-corrected chi connectivity index (χ0v) is 13.0. The molecule has 1 N–H and O–H groups in total. The van der Waals surface area contributed by atoms with Gasteiger partial charge >= 0.3 is 0 Å². The summed E-state index contributed by atoms with van der Waals surface area (Å²) < 4.78 is 0. The Kier molecular flexibility index (Phi) is 4.81. The maximum atomic E-state index is 12.5. The first-order valence-corrected chi connectivity index (χ1v) is 7.48. The number of carbonyl (C=O) groups excluding carboxylic acids is 2. The van der Waals surface area contributed by atoms with Gasteiger partial charge in [0.15, 0.2) is 0 Å². The van der Waals surface area contributed by atoms with Crippen molar-refractivity contribution in [2.75, 3.05) is 7.05 Å². The molecule has 5 nitrogen and oxygen atoms in total. The first-order valence-electron chi connectivity index (χ1n) is 7.48. The third kappa shape index (κ3) is 3.28. The Hall–Kier alpha value is -2.35. The summed E-state index contributed by atoms with van der Waals surface area (Å²) in [7, 11) is 1.68. The standard InChI is InChI=1S/C17H21N3O2/c1-13(21)19-15(14-7-4-3-5-8-14)11-16(22)20(2)17(12-18)9-6-10-17/h3-5,7-8,15H,6,9-11H2,1-2H3,(H,19,21). The van der Waals surface area contributed by atoms with E-state index in [-0.39, 0.29) is 24.3 Å². The molecule has 1 aliphatic carbocycles. The minimum absolute atomic E-state index is 0.121. The highest BCUT2D eigenvalue weighted by atomic mass is 16.2. The van der Waals surface area contributed by atoms with Crippen LogP contribution in [0.1, 0.15) is 44.2 Å². The van der Waals surface area contributed by atoms with Gasteiger partial charge in [-0.25, -0.2) is 0 Å². The van der Waals surface area contributed by atoms with Gasteiger partial charge in [-0.05, 0) is 24.8 Å². The molecule has 1 aliphatic rings. The molecular formula is C17H21N3O2. The molecule has 2 rings (SSSR count). The Balaban J connectivity index is 2.12. The van der Waals surface area contributed by atoms with Crippen LogP contribution >= 0.6 is 0 Å². The molecule has 0 radical (unpaired) electrons. The summed E-state index contributed by atoms with van der Waals surface area (Å²) in [6.45, 7) is 1.44. The van der Waals surface area contributed by atoms with Crippen LogP contribution in [0, 0.1) is 11.3 Å². The van der Waals surface area contributed by atoms with E-state index in [1.807, 2.05) is 30.3 Å². The number of nitriles is 1. The van der Waals surface area contributed by atoms with Gasteiger partial charge in [-0.15, -0.1) is 0 Å². The van der Waals surface area contributed by atoms with Crippen molar-refractivity contribution in [2.24, 2.45) is 0 Å². The summed E-state index contributed by atoms with van der Waals surface area (Å²) in [4.78, 5) is 25.5. The number of rotatable bonds is 5. The Morgan fingerprint density at radius 2 is 2.00 bits per heavy atom. The average molecular weight is 299 g/mol. The van der Waals surface area contributed by atoms with Crippen molar-refractivity contribution in [3.63, 3.8) is 0 Å². The quantitative estimate of drug-likeness (QED) is 0.905. The molecule has 1 aromatic carbocycles. The van der Waals surface area contributed by atoms with Gasteiger partial charge in [0.25, 0.3) is 0 Å². The molecule has 0 saturated heterocycles. The zero-order chi connectivity index (χ0) is 16.2. The van der Waals surface area contributed by atoms with E-state index in [0.717, 1.165) is 24.8 Å². The van der Waals surface area contributed by atoms with Gasteiger partial charge in [-0.1, -0.05) is 30.3 Å². The fraction of sp³-hybridized carbons (Fsp3) is 0.471. The van der Waals surface area contributed by atoms with Gasteiger partial charge in [0.05, 0.1) is 18.5 Å². The molecule has 1 atom stereocenters. The van der Waals surface area contributed by atoms with E-state index in [9.17, 15) is 14.9 Å². The highest BCUT2D eigenvalue weighted by Crippen LogP contribution is 2.37. The number of nitrogens with one attached hydrogen (secondary N) is 1. The van der Waals surface area contributed by atoms with E-state index in [2.05, 4.69) is 11.4 Å². The van der Waals surface area contributed by atoms with Crippen molar-refractivity contribution in [3.05, 3.63) is 35.9 Å². The van der Waals surface area contributed by atoms with Crippen LogP contribution in [0.2, 0.25) is 0 Å². The van der Waals surface area contributed by atoms with Crippen LogP contribution in [0.4, 0.5) is 0 Å². The van der Waals surface area contributed by atoms with Crippen molar-refractivity contribution >= 4 is 11.8 Å². The molecule has 0 bridgehead atoms. The van der Waals surface area contributed by atoms with Crippen LogP contribution in [0.25, 0.3) is 0 Å². The Labute approximate surface area is 130 Å². The third-order valence-corrected chi connectivity index (χ3v) is 4.36. The number of nitrogens with zero attached hydrogens (tertiary/aromatic N) is 2. The van der Waals surface area contributed by atoms with Gasteiger partial charge in [-0.2, -0.15) is 5.26 Å². The Morgan fingerprint density at radius 1 is 1.36 bits per heavy atom. The van der Waals surface area contributed by atoms with Crippen LogP contribution in [0.15, 0.2) is 30.3 Å². The summed E-state index contributed by atoms with van der Waals surface area (Å²) in [6.07, 6.45) is 2.58. The van der Waals surface area contributed by atoms with Crippen LogP contribution in [0.3, 0.4) is 0 Å². The van der Waals surface area contributed by atoms with Gasteiger partial charge < -0.3 is 10.2 Å². The molecule has 1 aromatic rings. The lowest BCUT2D eigenvalue weighted by molar-refractivity contribution is -0.137. The predicted molar refractivity (Wildman–Crippen MR) is 82.6 cm³/mol. The van der Waals surface area contributed by atoms with Crippen molar-refractivity contribution in [3.8, 4) is 6.07 Å². The second-order valence-corrected chi connectivity index (χ2v) is 5.82. The predicted octanol–water partition coefficient (Wildman–Crippen LogP) is 2.16. The molecule has 116 valence electrons. The van der Waals surface area contributed by atoms with Crippen LogP contribution < -0.4 is 5.32 Å². The van der Waals surface area contributed by atoms with Gasteiger partial charge in [0, 0.05) is 14.0 Å². The monoisotopic (exact) mass is 299 g/mol. The smallest absolute Gasteiger partial charge is 0.226 e. The van der Waals surface area contributed by atoms with Crippen molar-refractivity contribution < 1.29 is 9.59 Å². The van der Waals surface area contributed by atoms with Crippen LogP contribution in [-0.4, -0.2) is 29.3 Å². The average Bonchev–Trinajstić information content (AvgIpc) is 2.46. The minimum Gasteiger partial charge on any atom is -0.349 e. The van der Waals surface area contributed by atoms with E-state index in [4.69, 9.17) is 0 Å². The molecule has 1 unspecified atom stereocenters. The molecule has 22 heavy (non-hydrogen) atoms. The van der Waals surface area contributed by atoms with Crippen molar-refractivity contribution in [1.82, 2.24) is 10.2 Å². The summed E-state index contributed by atoms with van der Waals surface area (Å²) >= 11 is 0. The van der Waals surface area contributed by atoms with E-state index in [1.165, 1.54) is 6.92 Å². The molecular weight excluding hydrogens is 278 g/mol. The summed E-state index contributed by atoms with van der Waals surface area (Å²) in [5, 5.41) is 12.2. The highest BCUT2D eigenvalue weighted by molar-refractivity contribution is 5.80. The SMILES string of the molecule is CC(=O)NC(CC(=O)N(C)C1(C#N)CCC1)c1ccccc1. The lowest BCUT2D eigenvalue weighted by Gasteiger charge is -2.43. The van der Waals surface area contributed by atoms with Crippen LogP contribution in [0.5, 0.6) is 0 Å². The fourth-order valence-electron chi connectivity index (χ4n) is 2.77. The van der Waals surface area contributed by atoms with Gasteiger partial charge in [0.1, 0.15) is 5.54 Å². The molecule has 0 aliphatic heterocycles. The van der Waals surface area contributed by atoms with Crippen molar-refractivity contribution in [1.29, 1.82) is 5.26 Å². The summed E-state index contributed by atoms with van der Waals surface area (Å²) in [5.41, 5.74) is 0.230. The van der Waals surface area contributed by atoms with E-state index >= 15 is 0 Å². The molecule has 0 aromatic heterocycles. The fourth-order valence-corrected chi connectivity index (χ4v) is 2.77. The number of amides is 2. The summed E-state index contributed by atoms with van der Waals surface area (Å²) in [5.74, 6) is -0.299.